The van der Waals surface area contributed by atoms with Gasteiger partial charge in [0, 0.05) is 11.8 Å². The van der Waals surface area contributed by atoms with Crippen molar-refractivity contribution in [2.75, 3.05) is 5.32 Å². The molecule has 98 valence electrons. The summed E-state index contributed by atoms with van der Waals surface area (Å²) in [6.07, 6.45) is 3.17. The molecule has 0 fully saturated rings. The molecule has 2 aromatic rings. The third kappa shape index (κ3) is 3.71. The molecule has 1 amide bonds. The Kier molecular flexibility index (Phi) is 4.54. The maximum absolute atomic E-state index is 11.7. The van der Waals surface area contributed by atoms with Crippen molar-refractivity contribution in [1.29, 1.82) is 5.26 Å². The van der Waals surface area contributed by atoms with Crippen molar-refractivity contribution < 1.29 is 4.79 Å². The molecule has 2 rings (SSSR count). The second kappa shape index (κ2) is 6.55. The highest BCUT2D eigenvalue weighted by atomic mass is 35.5. The average Bonchev–Trinajstić information content (AvgIpc) is 2.46. The van der Waals surface area contributed by atoms with E-state index < -0.39 is 0 Å². The number of benzene rings is 2. The Hall–Kier alpha value is -2.57. The molecule has 0 bridgehead atoms. The molecule has 0 aromatic heterocycles. The quantitative estimate of drug-likeness (QED) is 0.869. The van der Waals surface area contributed by atoms with E-state index in [0.29, 0.717) is 16.3 Å². The van der Waals surface area contributed by atoms with Crippen molar-refractivity contribution in [2.45, 2.75) is 0 Å². The number of nitrogens with zero attached hydrogens (tertiary/aromatic N) is 1. The van der Waals surface area contributed by atoms with Crippen molar-refractivity contribution in [3.63, 3.8) is 0 Å². The highest BCUT2D eigenvalue weighted by Crippen LogP contribution is 2.20. The van der Waals surface area contributed by atoms with Gasteiger partial charge in [0.15, 0.2) is 0 Å². The van der Waals surface area contributed by atoms with Crippen LogP contribution < -0.4 is 5.32 Å². The van der Waals surface area contributed by atoms with Gasteiger partial charge in [-0.05, 0) is 29.8 Å². The van der Waals surface area contributed by atoms with Crippen LogP contribution in [0.15, 0.2) is 54.6 Å². The first-order valence-corrected chi connectivity index (χ1v) is 6.30. The lowest BCUT2D eigenvalue weighted by atomic mass is 10.2. The Labute approximate surface area is 122 Å². The van der Waals surface area contributed by atoms with E-state index in [9.17, 15) is 4.79 Å². The normalized spacial score (nSPS) is 10.2. The summed E-state index contributed by atoms with van der Waals surface area (Å²) in [5.74, 6) is -0.255. The van der Waals surface area contributed by atoms with Gasteiger partial charge in [0.2, 0.25) is 5.91 Å². The molecule has 2 aromatic carbocycles. The second-order valence-corrected chi connectivity index (χ2v) is 4.45. The Morgan fingerprint density at radius 3 is 2.60 bits per heavy atom. The minimum Gasteiger partial charge on any atom is -0.322 e. The lowest BCUT2D eigenvalue weighted by Crippen LogP contribution is -2.07. The predicted octanol–water partition coefficient (Wildman–Crippen LogP) is 3.86. The topological polar surface area (TPSA) is 52.9 Å². The van der Waals surface area contributed by atoms with Gasteiger partial charge in [-0.1, -0.05) is 41.9 Å². The van der Waals surface area contributed by atoms with Crippen LogP contribution in [0, 0.1) is 11.3 Å². The third-order valence-corrected chi connectivity index (χ3v) is 2.90. The van der Waals surface area contributed by atoms with Crippen molar-refractivity contribution in [3.8, 4) is 6.07 Å². The molecule has 1 N–H and O–H groups in total. The Morgan fingerprint density at radius 2 is 1.95 bits per heavy atom. The molecule has 0 saturated heterocycles. The van der Waals surface area contributed by atoms with Crippen LogP contribution in [0.25, 0.3) is 6.08 Å². The van der Waals surface area contributed by atoms with Gasteiger partial charge in [-0.2, -0.15) is 5.26 Å². The van der Waals surface area contributed by atoms with E-state index in [4.69, 9.17) is 16.9 Å². The molecule has 0 unspecified atom stereocenters. The van der Waals surface area contributed by atoms with Gasteiger partial charge in [-0.25, -0.2) is 0 Å². The van der Waals surface area contributed by atoms with E-state index >= 15 is 0 Å². The van der Waals surface area contributed by atoms with Crippen LogP contribution in [0.1, 0.15) is 11.1 Å². The van der Waals surface area contributed by atoms with E-state index in [2.05, 4.69) is 5.32 Å². The Bertz CT molecular complexity index is 687. The third-order valence-electron chi connectivity index (χ3n) is 2.58. The first-order valence-electron chi connectivity index (χ1n) is 5.93. The van der Waals surface area contributed by atoms with E-state index in [1.807, 2.05) is 36.4 Å². The summed E-state index contributed by atoms with van der Waals surface area (Å²) >= 11 is 5.89. The zero-order valence-electron chi connectivity index (χ0n) is 10.5. The standard InChI is InChI=1S/C16H11ClN2O/c17-15-10-14(8-7-13(15)11-18)19-16(20)9-6-12-4-2-1-3-5-12/h1-10H,(H,19,20). The van der Waals surface area contributed by atoms with E-state index in [-0.39, 0.29) is 5.91 Å². The Balaban J connectivity index is 2.04. The molecular formula is C16H11ClN2O. The molecular weight excluding hydrogens is 272 g/mol. The highest BCUT2D eigenvalue weighted by Gasteiger charge is 2.02. The lowest BCUT2D eigenvalue weighted by Gasteiger charge is -2.03. The first kappa shape index (κ1) is 13.9. The summed E-state index contributed by atoms with van der Waals surface area (Å²) in [5, 5.41) is 11.8. The largest absolute Gasteiger partial charge is 0.322 e. The molecule has 0 atom stereocenters. The smallest absolute Gasteiger partial charge is 0.248 e. The number of nitrogens with one attached hydrogen (secondary N) is 1. The van der Waals surface area contributed by atoms with Gasteiger partial charge in [-0.15, -0.1) is 0 Å². The van der Waals surface area contributed by atoms with Crippen LogP contribution in [0.4, 0.5) is 5.69 Å². The minimum absolute atomic E-state index is 0.255. The molecule has 0 heterocycles. The zero-order chi connectivity index (χ0) is 14.4. The van der Waals surface area contributed by atoms with Gasteiger partial charge in [-0.3, -0.25) is 4.79 Å². The van der Waals surface area contributed by atoms with Crippen molar-refractivity contribution >= 4 is 29.3 Å². The number of anilines is 1. The van der Waals surface area contributed by atoms with Crippen LogP contribution >= 0.6 is 11.6 Å². The van der Waals surface area contributed by atoms with Crippen LogP contribution in [-0.4, -0.2) is 5.91 Å². The van der Waals surface area contributed by atoms with E-state index in [1.54, 1.807) is 24.3 Å². The van der Waals surface area contributed by atoms with Crippen molar-refractivity contribution in [1.82, 2.24) is 0 Å². The van der Waals surface area contributed by atoms with Crippen molar-refractivity contribution in [2.24, 2.45) is 0 Å². The number of rotatable bonds is 3. The fourth-order valence-corrected chi connectivity index (χ4v) is 1.83. The predicted molar refractivity (Wildman–Crippen MR) is 80.3 cm³/mol. The molecule has 0 aliphatic heterocycles. The monoisotopic (exact) mass is 282 g/mol. The summed E-state index contributed by atoms with van der Waals surface area (Å²) in [4.78, 5) is 11.7. The zero-order valence-corrected chi connectivity index (χ0v) is 11.3. The lowest BCUT2D eigenvalue weighted by molar-refractivity contribution is -0.111. The van der Waals surface area contributed by atoms with Gasteiger partial charge in [0.25, 0.3) is 0 Å². The van der Waals surface area contributed by atoms with Crippen LogP contribution in [0.5, 0.6) is 0 Å². The molecule has 0 radical (unpaired) electrons. The molecule has 0 saturated carbocycles. The van der Waals surface area contributed by atoms with Gasteiger partial charge >= 0.3 is 0 Å². The second-order valence-electron chi connectivity index (χ2n) is 4.04. The summed E-state index contributed by atoms with van der Waals surface area (Å²) in [7, 11) is 0. The number of hydrogen-bond acceptors (Lipinski definition) is 2. The number of halogens is 1. The minimum atomic E-state index is -0.255. The molecule has 0 aliphatic carbocycles. The molecule has 20 heavy (non-hydrogen) atoms. The number of nitriles is 1. The number of amides is 1. The SMILES string of the molecule is N#Cc1ccc(NC(=O)C=Cc2ccccc2)cc1Cl. The van der Waals surface area contributed by atoms with E-state index in [0.717, 1.165) is 5.56 Å². The summed E-state index contributed by atoms with van der Waals surface area (Å²) in [6, 6.07) is 16.2. The Morgan fingerprint density at radius 1 is 1.20 bits per heavy atom. The molecule has 0 aliphatic rings. The summed E-state index contributed by atoms with van der Waals surface area (Å²) < 4.78 is 0. The molecule has 3 nitrogen and oxygen atoms in total. The summed E-state index contributed by atoms with van der Waals surface area (Å²) in [5.41, 5.74) is 1.88. The maximum atomic E-state index is 11.7. The van der Waals surface area contributed by atoms with Gasteiger partial charge < -0.3 is 5.32 Å². The average molecular weight is 283 g/mol. The number of carbonyl (C=O) groups is 1. The van der Waals surface area contributed by atoms with Crippen LogP contribution in [0.2, 0.25) is 5.02 Å². The summed E-state index contributed by atoms with van der Waals surface area (Å²) in [6.45, 7) is 0. The van der Waals surface area contributed by atoms with Crippen LogP contribution in [-0.2, 0) is 4.79 Å². The van der Waals surface area contributed by atoms with Crippen LogP contribution in [0.3, 0.4) is 0 Å². The van der Waals surface area contributed by atoms with Gasteiger partial charge in [0.1, 0.15) is 6.07 Å². The van der Waals surface area contributed by atoms with E-state index in [1.165, 1.54) is 6.08 Å². The fourth-order valence-electron chi connectivity index (χ4n) is 1.60. The number of hydrogen-bond donors (Lipinski definition) is 1. The highest BCUT2D eigenvalue weighted by molar-refractivity contribution is 6.32. The van der Waals surface area contributed by atoms with Crippen molar-refractivity contribution in [3.05, 3.63) is 70.8 Å². The molecule has 4 heteroatoms. The number of carbonyl (C=O) groups excluding carboxylic acids is 1. The first-order chi connectivity index (χ1) is 9.69. The van der Waals surface area contributed by atoms with Gasteiger partial charge in [0.05, 0.1) is 10.6 Å². The maximum Gasteiger partial charge on any atom is 0.248 e. The molecule has 0 spiro atoms. The fraction of sp³-hybridized carbons (Fsp3) is 0.